The summed E-state index contributed by atoms with van der Waals surface area (Å²) in [6.07, 6.45) is 0.143. The lowest BCUT2D eigenvalue weighted by Crippen LogP contribution is -2.54. The summed E-state index contributed by atoms with van der Waals surface area (Å²) < 4.78 is 27.4. The molecule has 8 heteroatoms. The number of sulfonamides is 1. The Morgan fingerprint density at radius 1 is 1.45 bits per heavy atom. The van der Waals surface area contributed by atoms with Crippen LogP contribution in [0.3, 0.4) is 0 Å². The number of aryl methyl sites for hydroxylation is 1. The van der Waals surface area contributed by atoms with E-state index in [0.717, 1.165) is 10.0 Å². The molecule has 1 aromatic rings. The molecule has 0 aromatic heterocycles. The molecule has 1 saturated carbocycles. The summed E-state index contributed by atoms with van der Waals surface area (Å²) in [4.78, 5) is 10.7. The van der Waals surface area contributed by atoms with Gasteiger partial charge in [-0.05, 0) is 43.0 Å². The van der Waals surface area contributed by atoms with Gasteiger partial charge in [0.2, 0.25) is 10.0 Å². The number of nitrogens with one attached hydrogen (secondary N) is 1. The Bertz CT molecular complexity index is 682. The lowest BCUT2D eigenvalue weighted by molar-refractivity contribution is -0.157. The highest BCUT2D eigenvalue weighted by molar-refractivity contribution is 9.10. The molecule has 22 heavy (non-hydrogen) atoms. The van der Waals surface area contributed by atoms with Crippen LogP contribution >= 0.6 is 15.9 Å². The van der Waals surface area contributed by atoms with Gasteiger partial charge in [0, 0.05) is 11.0 Å². The van der Waals surface area contributed by atoms with Crippen molar-refractivity contribution >= 4 is 31.9 Å². The second-order valence-corrected chi connectivity index (χ2v) is 8.54. The van der Waals surface area contributed by atoms with Crippen molar-refractivity contribution in [3.8, 4) is 0 Å². The number of hydrogen-bond donors (Lipinski definition) is 3. The van der Waals surface area contributed by atoms with Gasteiger partial charge >= 0.3 is 5.97 Å². The maximum absolute atomic E-state index is 12.1. The number of rotatable bonds is 6. The van der Waals surface area contributed by atoms with Crippen molar-refractivity contribution in [2.75, 3.05) is 6.54 Å². The quantitative estimate of drug-likeness (QED) is 0.679. The molecule has 0 saturated heterocycles. The van der Waals surface area contributed by atoms with Gasteiger partial charge in [0.05, 0.1) is 17.3 Å². The number of aliphatic hydroxyl groups is 1. The zero-order chi connectivity index (χ0) is 16.5. The molecule has 122 valence electrons. The van der Waals surface area contributed by atoms with Crippen LogP contribution in [0.4, 0.5) is 0 Å². The molecule has 0 aliphatic heterocycles. The Kier molecular flexibility index (Phi) is 4.96. The van der Waals surface area contributed by atoms with Crippen molar-refractivity contribution in [3.63, 3.8) is 0 Å². The lowest BCUT2D eigenvalue weighted by atomic mass is 9.71. The van der Waals surface area contributed by atoms with Crippen LogP contribution in [0.5, 0.6) is 0 Å². The van der Waals surface area contributed by atoms with Gasteiger partial charge in [0.15, 0.2) is 0 Å². The zero-order valence-electron chi connectivity index (χ0n) is 12.0. The van der Waals surface area contributed by atoms with E-state index in [2.05, 4.69) is 20.7 Å². The Morgan fingerprint density at radius 3 is 2.64 bits per heavy atom. The van der Waals surface area contributed by atoms with Gasteiger partial charge in [0.25, 0.3) is 0 Å². The van der Waals surface area contributed by atoms with Gasteiger partial charge in [-0.15, -0.1) is 0 Å². The standard InChI is InChI=1S/C14H18BrNO5S/c1-9-4-12(15)3-2-10(9)7-22(20,21)16-8-14(19)5-11(6-14)13(17)18/h2-4,11,16,19H,5-8H2,1H3,(H,17,18). The molecule has 2 rings (SSSR count). The highest BCUT2D eigenvalue weighted by Gasteiger charge is 2.46. The second kappa shape index (κ2) is 6.27. The molecule has 0 bridgehead atoms. The average molecular weight is 392 g/mol. The number of benzene rings is 1. The Hall–Kier alpha value is -0.960. The van der Waals surface area contributed by atoms with Gasteiger partial charge in [-0.2, -0.15) is 0 Å². The van der Waals surface area contributed by atoms with Gasteiger partial charge in [-0.1, -0.05) is 22.0 Å². The number of halogens is 1. The largest absolute Gasteiger partial charge is 0.481 e. The van der Waals surface area contributed by atoms with E-state index in [0.29, 0.717) is 5.56 Å². The molecule has 1 aliphatic rings. The Morgan fingerprint density at radius 2 is 2.09 bits per heavy atom. The Balaban J connectivity index is 1.93. The molecule has 1 aliphatic carbocycles. The van der Waals surface area contributed by atoms with Gasteiger partial charge in [-0.3, -0.25) is 4.79 Å². The van der Waals surface area contributed by atoms with Crippen LogP contribution in [0.2, 0.25) is 0 Å². The minimum absolute atomic E-state index is 0.0716. The van der Waals surface area contributed by atoms with Gasteiger partial charge in [-0.25, -0.2) is 13.1 Å². The zero-order valence-corrected chi connectivity index (χ0v) is 14.4. The topological polar surface area (TPSA) is 104 Å². The summed E-state index contributed by atoms with van der Waals surface area (Å²) in [5, 5.41) is 18.8. The van der Waals surface area contributed by atoms with Crippen molar-refractivity contribution in [2.45, 2.75) is 31.1 Å². The van der Waals surface area contributed by atoms with Crippen LogP contribution in [0.1, 0.15) is 24.0 Å². The maximum Gasteiger partial charge on any atom is 0.306 e. The number of carboxylic acid groups (broad SMARTS) is 1. The van der Waals surface area contributed by atoms with E-state index in [9.17, 15) is 18.3 Å². The number of carbonyl (C=O) groups is 1. The molecular formula is C14H18BrNO5S. The summed E-state index contributed by atoms with van der Waals surface area (Å²) in [5.74, 6) is -1.73. The summed E-state index contributed by atoms with van der Waals surface area (Å²) in [5.41, 5.74) is 0.276. The third-order valence-corrected chi connectivity index (χ3v) is 5.64. The molecule has 0 amide bonds. The number of carboxylic acids is 1. The number of aliphatic carboxylic acids is 1. The van der Waals surface area contributed by atoms with E-state index in [1.807, 2.05) is 13.0 Å². The van der Waals surface area contributed by atoms with Gasteiger partial charge in [0.1, 0.15) is 0 Å². The van der Waals surface area contributed by atoms with E-state index < -0.39 is 27.5 Å². The highest BCUT2D eigenvalue weighted by atomic mass is 79.9. The minimum atomic E-state index is -3.59. The average Bonchev–Trinajstić information content (AvgIpc) is 2.36. The van der Waals surface area contributed by atoms with E-state index >= 15 is 0 Å². The van der Waals surface area contributed by atoms with Crippen molar-refractivity contribution in [1.29, 1.82) is 0 Å². The van der Waals surface area contributed by atoms with E-state index in [1.165, 1.54) is 0 Å². The predicted molar refractivity (Wildman–Crippen MR) is 84.8 cm³/mol. The lowest BCUT2D eigenvalue weighted by Gasteiger charge is -2.41. The molecular weight excluding hydrogens is 374 g/mol. The van der Waals surface area contributed by atoms with Crippen LogP contribution in [-0.4, -0.2) is 36.7 Å². The van der Waals surface area contributed by atoms with E-state index in [4.69, 9.17) is 5.11 Å². The molecule has 0 radical (unpaired) electrons. The summed E-state index contributed by atoms with van der Waals surface area (Å²) in [7, 11) is -3.59. The molecule has 6 nitrogen and oxygen atoms in total. The molecule has 0 unspecified atom stereocenters. The minimum Gasteiger partial charge on any atom is -0.481 e. The summed E-state index contributed by atoms with van der Waals surface area (Å²) in [6.45, 7) is 1.67. The molecule has 0 heterocycles. The van der Waals surface area contributed by atoms with Crippen molar-refractivity contribution in [1.82, 2.24) is 4.72 Å². The summed E-state index contributed by atoms with van der Waals surface area (Å²) in [6, 6.07) is 5.34. The van der Waals surface area contributed by atoms with Crippen LogP contribution in [0.25, 0.3) is 0 Å². The molecule has 0 spiro atoms. The molecule has 1 fully saturated rings. The van der Waals surface area contributed by atoms with Crippen LogP contribution in [0.15, 0.2) is 22.7 Å². The van der Waals surface area contributed by atoms with Crippen LogP contribution < -0.4 is 4.72 Å². The Labute approximate surface area is 137 Å². The van der Waals surface area contributed by atoms with Gasteiger partial charge < -0.3 is 10.2 Å². The first kappa shape index (κ1) is 17.4. The van der Waals surface area contributed by atoms with Crippen molar-refractivity contribution in [3.05, 3.63) is 33.8 Å². The highest BCUT2D eigenvalue weighted by Crippen LogP contribution is 2.37. The van der Waals surface area contributed by atoms with E-state index in [-0.39, 0.29) is 25.1 Å². The first-order valence-corrected chi connectivity index (χ1v) is 9.22. The van der Waals surface area contributed by atoms with Crippen LogP contribution in [0, 0.1) is 12.8 Å². The SMILES string of the molecule is Cc1cc(Br)ccc1CS(=O)(=O)NCC1(O)CC(C(=O)O)C1. The summed E-state index contributed by atoms with van der Waals surface area (Å²) >= 11 is 3.32. The van der Waals surface area contributed by atoms with Crippen LogP contribution in [-0.2, 0) is 20.6 Å². The fourth-order valence-electron chi connectivity index (χ4n) is 2.50. The third-order valence-electron chi connectivity index (χ3n) is 3.87. The van der Waals surface area contributed by atoms with E-state index in [1.54, 1.807) is 12.1 Å². The predicted octanol–water partition coefficient (Wildman–Crippen LogP) is 1.40. The fourth-order valence-corrected chi connectivity index (χ4v) is 4.30. The normalized spacial score (nSPS) is 24.8. The molecule has 3 N–H and O–H groups in total. The maximum atomic E-state index is 12.1. The first-order valence-electron chi connectivity index (χ1n) is 6.78. The second-order valence-electron chi connectivity index (χ2n) is 5.82. The van der Waals surface area contributed by atoms with Crippen molar-refractivity contribution in [2.24, 2.45) is 5.92 Å². The molecule has 0 atom stereocenters. The fraction of sp³-hybridized carbons (Fsp3) is 0.500. The van der Waals surface area contributed by atoms with Crippen molar-refractivity contribution < 1.29 is 23.4 Å². The smallest absolute Gasteiger partial charge is 0.306 e. The third kappa shape index (κ3) is 4.28. The monoisotopic (exact) mass is 391 g/mol. The number of hydrogen-bond acceptors (Lipinski definition) is 4. The molecule has 1 aromatic carbocycles. The first-order chi connectivity index (χ1) is 10.1.